The topological polar surface area (TPSA) is 67.3 Å². The number of carbonyl (C=O) groups excluding carboxylic acids is 1. The number of aromatic nitrogens is 2. The first kappa shape index (κ1) is 14.8. The molecule has 2 rings (SSSR count). The Morgan fingerprint density at radius 2 is 1.95 bits per heavy atom. The fourth-order valence-corrected chi connectivity index (χ4v) is 1.97. The Morgan fingerprint density at radius 3 is 2.67 bits per heavy atom. The molecular formula is C15H18N4O2. The van der Waals surface area contributed by atoms with Gasteiger partial charge in [0.2, 0.25) is 5.88 Å². The molecule has 0 radical (unpaired) electrons. The Bertz CT molecular complexity index is 629. The Kier molecular flexibility index (Phi) is 4.71. The maximum absolute atomic E-state index is 12.2. The van der Waals surface area contributed by atoms with Crippen molar-refractivity contribution in [1.82, 2.24) is 15.3 Å². The molecule has 0 spiro atoms. The van der Waals surface area contributed by atoms with Gasteiger partial charge in [0.05, 0.1) is 7.11 Å². The van der Waals surface area contributed by atoms with Gasteiger partial charge < -0.3 is 15.0 Å². The van der Waals surface area contributed by atoms with E-state index in [-0.39, 0.29) is 5.91 Å². The van der Waals surface area contributed by atoms with Crippen molar-refractivity contribution < 1.29 is 9.53 Å². The summed E-state index contributed by atoms with van der Waals surface area (Å²) < 4.78 is 5.09. The van der Waals surface area contributed by atoms with E-state index in [1.807, 2.05) is 31.1 Å². The average Bonchev–Trinajstić information content (AvgIpc) is 2.52. The molecule has 110 valence electrons. The van der Waals surface area contributed by atoms with Gasteiger partial charge >= 0.3 is 0 Å². The predicted molar refractivity (Wildman–Crippen MR) is 80.5 cm³/mol. The number of carbonyl (C=O) groups is 1. The Morgan fingerprint density at radius 1 is 1.24 bits per heavy atom. The first-order valence-corrected chi connectivity index (χ1v) is 6.52. The molecule has 2 aromatic rings. The van der Waals surface area contributed by atoms with Crippen molar-refractivity contribution in [2.24, 2.45) is 0 Å². The lowest BCUT2D eigenvalue weighted by atomic mass is 10.2. The van der Waals surface area contributed by atoms with Crippen LogP contribution in [0.15, 0.2) is 36.7 Å². The van der Waals surface area contributed by atoms with Crippen LogP contribution in [-0.2, 0) is 6.54 Å². The SMILES string of the molecule is COc1ncccc1C(=O)NCc1cccnc1N(C)C. The lowest BCUT2D eigenvalue weighted by Crippen LogP contribution is -2.25. The van der Waals surface area contributed by atoms with E-state index >= 15 is 0 Å². The second-order valence-corrected chi connectivity index (χ2v) is 4.62. The summed E-state index contributed by atoms with van der Waals surface area (Å²) in [6.07, 6.45) is 3.31. The van der Waals surface area contributed by atoms with Gasteiger partial charge in [-0.2, -0.15) is 0 Å². The number of nitrogens with zero attached hydrogens (tertiary/aromatic N) is 3. The molecule has 2 heterocycles. The van der Waals surface area contributed by atoms with Gasteiger partial charge in [-0.1, -0.05) is 6.07 Å². The number of pyridine rings is 2. The van der Waals surface area contributed by atoms with E-state index < -0.39 is 0 Å². The summed E-state index contributed by atoms with van der Waals surface area (Å²) in [5.41, 5.74) is 1.36. The zero-order valence-corrected chi connectivity index (χ0v) is 12.3. The van der Waals surface area contributed by atoms with E-state index in [1.165, 1.54) is 7.11 Å². The number of hydrogen-bond donors (Lipinski definition) is 1. The highest BCUT2D eigenvalue weighted by Crippen LogP contribution is 2.16. The molecule has 0 saturated heterocycles. The maximum atomic E-state index is 12.2. The van der Waals surface area contributed by atoms with Crippen LogP contribution >= 0.6 is 0 Å². The highest BCUT2D eigenvalue weighted by atomic mass is 16.5. The molecule has 0 aromatic carbocycles. The van der Waals surface area contributed by atoms with Crippen molar-refractivity contribution in [2.75, 3.05) is 26.1 Å². The number of hydrogen-bond acceptors (Lipinski definition) is 5. The fourth-order valence-electron chi connectivity index (χ4n) is 1.97. The fraction of sp³-hybridized carbons (Fsp3) is 0.267. The predicted octanol–water partition coefficient (Wildman–Crippen LogP) is 1.48. The minimum atomic E-state index is -0.228. The Balaban J connectivity index is 2.11. The van der Waals surface area contributed by atoms with Gasteiger partial charge in [0.1, 0.15) is 11.4 Å². The van der Waals surface area contributed by atoms with Crippen LogP contribution in [0.3, 0.4) is 0 Å². The maximum Gasteiger partial charge on any atom is 0.257 e. The van der Waals surface area contributed by atoms with Gasteiger partial charge in [-0.15, -0.1) is 0 Å². The molecule has 0 saturated carbocycles. The van der Waals surface area contributed by atoms with Crippen LogP contribution in [0.5, 0.6) is 5.88 Å². The molecule has 0 atom stereocenters. The van der Waals surface area contributed by atoms with E-state index in [9.17, 15) is 4.79 Å². The molecule has 1 amide bonds. The zero-order chi connectivity index (χ0) is 15.2. The van der Waals surface area contributed by atoms with Crippen molar-refractivity contribution in [3.8, 4) is 5.88 Å². The van der Waals surface area contributed by atoms with E-state index in [0.717, 1.165) is 11.4 Å². The number of amides is 1. The van der Waals surface area contributed by atoms with E-state index in [1.54, 1.807) is 24.5 Å². The zero-order valence-electron chi connectivity index (χ0n) is 12.3. The van der Waals surface area contributed by atoms with E-state index in [4.69, 9.17) is 4.74 Å². The van der Waals surface area contributed by atoms with Gasteiger partial charge in [0.15, 0.2) is 0 Å². The van der Waals surface area contributed by atoms with Crippen LogP contribution in [-0.4, -0.2) is 37.1 Å². The summed E-state index contributed by atoms with van der Waals surface area (Å²) in [5, 5.41) is 2.86. The lowest BCUT2D eigenvalue weighted by molar-refractivity contribution is 0.0947. The molecule has 0 aliphatic carbocycles. The van der Waals surface area contributed by atoms with Crippen LogP contribution in [0.25, 0.3) is 0 Å². The smallest absolute Gasteiger partial charge is 0.257 e. The second kappa shape index (κ2) is 6.69. The van der Waals surface area contributed by atoms with Gasteiger partial charge in [0.25, 0.3) is 5.91 Å². The highest BCUT2D eigenvalue weighted by Gasteiger charge is 2.13. The highest BCUT2D eigenvalue weighted by molar-refractivity contribution is 5.96. The molecule has 6 nitrogen and oxygen atoms in total. The summed E-state index contributed by atoms with van der Waals surface area (Å²) >= 11 is 0. The third-order valence-corrected chi connectivity index (χ3v) is 2.94. The number of ether oxygens (including phenoxy) is 1. The monoisotopic (exact) mass is 286 g/mol. The number of anilines is 1. The molecular weight excluding hydrogens is 268 g/mol. The summed E-state index contributed by atoms with van der Waals surface area (Å²) in [4.78, 5) is 22.4. The largest absolute Gasteiger partial charge is 0.480 e. The summed E-state index contributed by atoms with van der Waals surface area (Å²) in [5.74, 6) is 0.915. The summed E-state index contributed by atoms with van der Waals surface area (Å²) in [7, 11) is 5.32. The minimum absolute atomic E-state index is 0.228. The van der Waals surface area contributed by atoms with Gasteiger partial charge in [-0.3, -0.25) is 4.79 Å². The quantitative estimate of drug-likeness (QED) is 0.901. The minimum Gasteiger partial charge on any atom is -0.480 e. The van der Waals surface area contributed by atoms with Crippen LogP contribution < -0.4 is 15.0 Å². The Hall–Kier alpha value is -2.63. The van der Waals surface area contributed by atoms with Gasteiger partial charge in [-0.25, -0.2) is 9.97 Å². The normalized spacial score (nSPS) is 10.0. The van der Waals surface area contributed by atoms with Crippen LogP contribution in [0.1, 0.15) is 15.9 Å². The average molecular weight is 286 g/mol. The van der Waals surface area contributed by atoms with Crippen molar-refractivity contribution in [3.63, 3.8) is 0 Å². The van der Waals surface area contributed by atoms with Gasteiger partial charge in [0, 0.05) is 38.6 Å². The lowest BCUT2D eigenvalue weighted by Gasteiger charge is -2.16. The Labute approximate surface area is 123 Å². The first-order chi connectivity index (χ1) is 10.1. The molecule has 6 heteroatoms. The van der Waals surface area contributed by atoms with E-state index in [0.29, 0.717) is 18.0 Å². The molecule has 0 bridgehead atoms. The molecule has 0 aliphatic rings. The van der Waals surface area contributed by atoms with Crippen molar-refractivity contribution in [1.29, 1.82) is 0 Å². The second-order valence-electron chi connectivity index (χ2n) is 4.62. The van der Waals surface area contributed by atoms with Gasteiger partial charge in [-0.05, 0) is 18.2 Å². The van der Waals surface area contributed by atoms with Crippen molar-refractivity contribution in [3.05, 3.63) is 47.8 Å². The molecule has 2 aromatic heterocycles. The number of rotatable bonds is 5. The summed E-state index contributed by atoms with van der Waals surface area (Å²) in [6.45, 7) is 0.387. The van der Waals surface area contributed by atoms with Crippen molar-refractivity contribution >= 4 is 11.7 Å². The molecule has 0 fully saturated rings. The van der Waals surface area contributed by atoms with Crippen LogP contribution in [0.4, 0.5) is 5.82 Å². The summed E-state index contributed by atoms with van der Waals surface area (Å²) in [6, 6.07) is 7.16. The number of nitrogens with one attached hydrogen (secondary N) is 1. The van der Waals surface area contributed by atoms with Crippen LogP contribution in [0.2, 0.25) is 0 Å². The number of methoxy groups -OCH3 is 1. The van der Waals surface area contributed by atoms with E-state index in [2.05, 4.69) is 15.3 Å². The standard InChI is InChI=1S/C15H18N4O2/c1-19(2)13-11(6-4-8-16-13)10-18-14(20)12-7-5-9-17-15(12)21-3/h4-9H,10H2,1-3H3,(H,18,20). The third kappa shape index (κ3) is 3.47. The third-order valence-electron chi connectivity index (χ3n) is 2.94. The molecule has 0 aliphatic heterocycles. The molecule has 21 heavy (non-hydrogen) atoms. The first-order valence-electron chi connectivity index (χ1n) is 6.52. The molecule has 0 unspecified atom stereocenters. The van der Waals surface area contributed by atoms with Crippen molar-refractivity contribution in [2.45, 2.75) is 6.54 Å². The van der Waals surface area contributed by atoms with Crippen LogP contribution in [0, 0.1) is 0 Å². The molecule has 1 N–H and O–H groups in total.